The van der Waals surface area contributed by atoms with Gasteiger partial charge in [0, 0.05) is 0 Å². The second-order valence-electron chi connectivity index (χ2n) is 5.04. The smallest absolute Gasteiger partial charge is 0.337 e. The van der Waals surface area contributed by atoms with Crippen LogP contribution in [0.3, 0.4) is 0 Å². The third-order valence-corrected chi connectivity index (χ3v) is 4.34. The van der Waals surface area contributed by atoms with Gasteiger partial charge in [0.15, 0.2) is 5.16 Å². The fourth-order valence-corrected chi connectivity index (χ4v) is 3.01. The van der Waals surface area contributed by atoms with E-state index in [2.05, 4.69) is 4.98 Å². The monoisotopic (exact) mass is 355 g/mol. The third-order valence-electron chi connectivity index (χ3n) is 3.50. The van der Waals surface area contributed by atoms with Crippen molar-refractivity contribution < 1.29 is 13.9 Å². The lowest BCUT2D eigenvalue weighted by Crippen LogP contribution is -2.24. The number of furan rings is 1. The molecule has 7 nitrogen and oxygen atoms in total. The molecule has 3 aromatic rings. The number of ether oxygens (including phenoxy) is 1. The van der Waals surface area contributed by atoms with Gasteiger partial charge in [-0.1, -0.05) is 11.8 Å². The predicted octanol–water partition coefficient (Wildman–Crippen LogP) is 2.44. The maximum atomic E-state index is 12.9. The molecule has 0 aliphatic rings. The van der Waals surface area contributed by atoms with Gasteiger partial charge in [0.2, 0.25) is 0 Å². The summed E-state index contributed by atoms with van der Waals surface area (Å²) >= 11 is 1.15. The first-order chi connectivity index (χ1) is 12.1. The highest BCUT2D eigenvalue weighted by Gasteiger charge is 2.15. The fraction of sp³-hybridized carbons (Fsp3) is 0.176. The molecule has 0 amide bonds. The van der Waals surface area contributed by atoms with Crippen LogP contribution in [0.1, 0.15) is 16.1 Å². The van der Waals surface area contributed by atoms with Crippen molar-refractivity contribution in [2.45, 2.75) is 11.7 Å². The molecule has 0 spiro atoms. The summed E-state index contributed by atoms with van der Waals surface area (Å²) in [5, 5.41) is 9.60. The van der Waals surface area contributed by atoms with Crippen LogP contribution < -0.4 is 5.56 Å². The number of esters is 1. The zero-order valence-electron chi connectivity index (χ0n) is 13.3. The Bertz CT molecular complexity index is 1020. The summed E-state index contributed by atoms with van der Waals surface area (Å²) in [6.07, 6.45) is 1.53. The summed E-state index contributed by atoms with van der Waals surface area (Å²) in [6, 6.07) is 10.1. The van der Waals surface area contributed by atoms with Crippen LogP contribution in [0.25, 0.3) is 10.9 Å². The van der Waals surface area contributed by atoms with E-state index in [1.165, 1.54) is 30.1 Å². The molecule has 2 aromatic heterocycles. The molecule has 2 heterocycles. The van der Waals surface area contributed by atoms with Crippen LogP contribution in [0.4, 0.5) is 0 Å². The first kappa shape index (κ1) is 16.8. The minimum absolute atomic E-state index is 0.146. The highest BCUT2D eigenvalue weighted by molar-refractivity contribution is 7.99. The van der Waals surface area contributed by atoms with E-state index in [9.17, 15) is 9.59 Å². The highest BCUT2D eigenvalue weighted by atomic mass is 32.2. The molecule has 0 aliphatic heterocycles. The molecule has 0 radical (unpaired) electrons. The quantitative estimate of drug-likeness (QED) is 0.394. The zero-order valence-corrected chi connectivity index (χ0v) is 14.1. The summed E-state index contributed by atoms with van der Waals surface area (Å²) in [4.78, 5) is 29.0. The predicted molar refractivity (Wildman–Crippen MR) is 91.5 cm³/mol. The van der Waals surface area contributed by atoms with E-state index in [4.69, 9.17) is 14.4 Å². The van der Waals surface area contributed by atoms with Gasteiger partial charge < -0.3 is 9.15 Å². The number of nitriles is 1. The van der Waals surface area contributed by atoms with Crippen LogP contribution in [0.2, 0.25) is 0 Å². The van der Waals surface area contributed by atoms with Crippen LogP contribution in [-0.4, -0.2) is 28.4 Å². The molecule has 0 bridgehead atoms. The van der Waals surface area contributed by atoms with Crippen molar-refractivity contribution in [3.63, 3.8) is 0 Å². The molecule has 1 aromatic carbocycles. The Kier molecular flexibility index (Phi) is 4.86. The molecule has 0 N–H and O–H groups in total. The SMILES string of the molecule is COC(=O)c1ccc2c(=O)n(Cc3ccco3)c(SCC#N)nc2c1. The van der Waals surface area contributed by atoms with E-state index in [0.717, 1.165) is 11.8 Å². The van der Waals surface area contributed by atoms with E-state index >= 15 is 0 Å². The van der Waals surface area contributed by atoms with Gasteiger partial charge in [0.05, 0.1) is 48.2 Å². The van der Waals surface area contributed by atoms with Crippen molar-refractivity contribution >= 4 is 28.6 Å². The Hall–Kier alpha value is -3.05. The number of nitrogens with zero attached hydrogens (tertiary/aromatic N) is 3. The molecule has 0 atom stereocenters. The van der Waals surface area contributed by atoms with Gasteiger partial charge >= 0.3 is 5.97 Å². The molecule has 25 heavy (non-hydrogen) atoms. The van der Waals surface area contributed by atoms with E-state index < -0.39 is 5.97 Å². The number of fused-ring (bicyclic) bond motifs is 1. The minimum atomic E-state index is -0.505. The Balaban J connectivity index is 2.16. The number of methoxy groups -OCH3 is 1. The second-order valence-corrected chi connectivity index (χ2v) is 5.98. The summed E-state index contributed by atoms with van der Waals surface area (Å²) in [7, 11) is 1.29. The minimum Gasteiger partial charge on any atom is -0.467 e. The van der Waals surface area contributed by atoms with Crippen molar-refractivity contribution in [2.75, 3.05) is 12.9 Å². The Morgan fingerprint density at radius 2 is 2.28 bits per heavy atom. The van der Waals surface area contributed by atoms with Crippen LogP contribution in [0, 0.1) is 11.3 Å². The van der Waals surface area contributed by atoms with Crippen molar-refractivity contribution in [1.29, 1.82) is 5.26 Å². The number of carbonyl (C=O) groups excluding carboxylic acids is 1. The average molecular weight is 355 g/mol. The summed E-state index contributed by atoms with van der Waals surface area (Å²) in [5.41, 5.74) is 0.421. The van der Waals surface area contributed by atoms with Crippen molar-refractivity contribution in [2.24, 2.45) is 0 Å². The van der Waals surface area contributed by atoms with Gasteiger partial charge in [0.1, 0.15) is 5.76 Å². The lowest BCUT2D eigenvalue weighted by Gasteiger charge is -2.11. The molecular weight excluding hydrogens is 342 g/mol. The van der Waals surface area contributed by atoms with Gasteiger partial charge in [-0.05, 0) is 30.3 Å². The van der Waals surface area contributed by atoms with Gasteiger partial charge in [-0.25, -0.2) is 9.78 Å². The molecule has 0 saturated heterocycles. The van der Waals surface area contributed by atoms with Crippen LogP contribution in [0.15, 0.2) is 51.0 Å². The lowest BCUT2D eigenvalue weighted by molar-refractivity contribution is 0.0601. The first-order valence-electron chi connectivity index (χ1n) is 7.29. The third kappa shape index (κ3) is 3.41. The molecule has 0 fully saturated rings. The Morgan fingerprint density at radius 1 is 1.44 bits per heavy atom. The van der Waals surface area contributed by atoms with E-state index in [0.29, 0.717) is 27.4 Å². The molecule has 126 valence electrons. The maximum Gasteiger partial charge on any atom is 0.337 e. The molecule has 8 heteroatoms. The topological polar surface area (TPSA) is 98.1 Å². The molecule has 0 saturated carbocycles. The summed E-state index contributed by atoms with van der Waals surface area (Å²) < 4.78 is 11.5. The van der Waals surface area contributed by atoms with Gasteiger partial charge in [-0.3, -0.25) is 9.36 Å². The molecule has 0 aliphatic carbocycles. The summed E-state index contributed by atoms with van der Waals surface area (Å²) in [5.74, 6) is 0.246. The van der Waals surface area contributed by atoms with Crippen LogP contribution in [0.5, 0.6) is 0 Å². The van der Waals surface area contributed by atoms with Crippen LogP contribution >= 0.6 is 11.8 Å². The largest absolute Gasteiger partial charge is 0.467 e. The number of aromatic nitrogens is 2. The number of benzene rings is 1. The lowest BCUT2D eigenvalue weighted by atomic mass is 10.1. The fourth-order valence-electron chi connectivity index (χ4n) is 2.35. The first-order valence-corrected chi connectivity index (χ1v) is 8.27. The van der Waals surface area contributed by atoms with Gasteiger partial charge in [-0.2, -0.15) is 5.26 Å². The second kappa shape index (κ2) is 7.23. The number of hydrogen-bond acceptors (Lipinski definition) is 7. The Labute approximate surface area is 146 Å². The van der Waals surface area contributed by atoms with Crippen molar-refractivity contribution in [1.82, 2.24) is 9.55 Å². The number of thioether (sulfide) groups is 1. The molecule has 0 unspecified atom stereocenters. The average Bonchev–Trinajstić information content (AvgIpc) is 3.14. The molecule has 3 rings (SSSR count). The number of carbonyl (C=O) groups is 1. The maximum absolute atomic E-state index is 12.9. The van der Waals surface area contributed by atoms with E-state index in [-0.39, 0.29) is 17.9 Å². The highest BCUT2D eigenvalue weighted by Crippen LogP contribution is 2.20. The van der Waals surface area contributed by atoms with Crippen molar-refractivity contribution in [3.05, 3.63) is 58.3 Å². The normalized spacial score (nSPS) is 10.6. The van der Waals surface area contributed by atoms with E-state index in [1.54, 1.807) is 18.2 Å². The van der Waals surface area contributed by atoms with Crippen LogP contribution in [-0.2, 0) is 11.3 Å². The standard InChI is InChI=1S/C17H13N3O4S/c1-23-16(22)11-4-5-13-14(9-11)19-17(25-8-6-18)20(15(13)21)10-12-3-2-7-24-12/h2-5,7,9H,8,10H2,1H3. The molecular formula is C17H13N3O4S. The number of rotatable bonds is 5. The number of hydrogen-bond donors (Lipinski definition) is 0. The Morgan fingerprint density at radius 3 is 2.96 bits per heavy atom. The van der Waals surface area contributed by atoms with Crippen molar-refractivity contribution in [3.8, 4) is 6.07 Å². The summed E-state index contributed by atoms with van der Waals surface area (Å²) in [6.45, 7) is 0.210. The van der Waals surface area contributed by atoms with E-state index in [1.807, 2.05) is 6.07 Å². The van der Waals surface area contributed by atoms with Gasteiger partial charge in [0.25, 0.3) is 5.56 Å². The van der Waals surface area contributed by atoms with Gasteiger partial charge in [-0.15, -0.1) is 0 Å². The zero-order chi connectivity index (χ0) is 17.8.